The highest BCUT2D eigenvalue weighted by molar-refractivity contribution is 9.10. The second-order valence-electron chi connectivity index (χ2n) is 3.43. The van der Waals surface area contributed by atoms with Gasteiger partial charge in [-0.15, -0.1) is 0 Å². The van der Waals surface area contributed by atoms with E-state index in [9.17, 15) is 4.79 Å². The molecule has 1 aromatic heterocycles. The van der Waals surface area contributed by atoms with Crippen molar-refractivity contribution < 1.29 is 9.32 Å². The van der Waals surface area contributed by atoms with E-state index in [4.69, 9.17) is 10.3 Å². The second-order valence-corrected chi connectivity index (χ2v) is 4.35. The van der Waals surface area contributed by atoms with Gasteiger partial charge in [0, 0.05) is 21.8 Å². The Hall–Kier alpha value is -1.82. The number of anilines is 1. The molecule has 0 atom stereocenters. The minimum absolute atomic E-state index is 0.214. The minimum Gasteiger partial charge on any atom is -0.399 e. The Kier molecular flexibility index (Phi) is 3.43. The SMILES string of the molecule is Nc1cc(Br)cc(C(=O)NCc2ccno2)c1. The molecule has 0 saturated heterocycles. The van der Waals surface area contributed by atoms with Gasteiger partial charge >= 0.3 is 0 Å². The van der Waals surface area contributed by atoms with Gasteiger partial charge in [-0.05, 0) is 18.2 Å². The van der Waals surface area contributed by atoms with Crippen molar-refractivity contribution in [2.24, 2.45) is 0 Å². The number of aromatic nitrogens is 1. The molecule has 0 saturated carbocycles. The lowest BCUT2D eigenvalue weighted by atomic mass is 10.2. The summed E-state index contributed by atoms with van der Waals surface area (Å²) >= 11 is 3.28. The Bertz CT molecular complexity index is 505. The van der Waals surface area contributed by atoms with Crippen LogP contribution in [0.2, 0.25) is 0 Å². The zero-order valence-electron chi connectivity index (χ0n) is 8.81. The molecule has 1 amide bonds. The number of nitrogen functional groups attached to an aromatic ring is 1. The summed E-state index contributed by atoms with van der Waals surface area (Å²) in [5.74, 6) is 0.385. The summed E-state index contributed by atoms with van der Waals surface area (Å²) in [6.45, 7) is 0.297. The quantitative estimate of drug-likeness (QED) is 0.848. The number of carbonyl (C=O) groups excluding carboxylic acids is 1. The summed E-state index contributed by atoms with van der Waals surface area (Å²) in [6, 6.07) is 6.73. The summed E-state index contributed by atoms with van der Waals surface area (Å²) in [6.07, 6.45) is 1.53. The lowest BCUT2D eigenvalue weighted by Crippen LogP contribution is -2.22. The fourth-order valence-corrected chi connectivity index (χ4v) is 1.86. The van der Waals surface area contributed by atoms with E-state index in [1.807, 2.05) is 0 Å². The van der Waals surface area contributed by atoms with Crippen LogP contribution in [0.5, 0.6) is 0 Å². The minimum atomic E-state index is -0.214. The van der Waals surface area contributed by atoms with Crippen LogP contribution in [0.25, 0.3) is 0 Å². The van der Waals surface area contributed by atoms with E-state index in [0.29, 0.717) is 23.6 Å². The predicted molar refractivity (Wildman–Crippen MR) is 66.2 cm³/mol. The van der Waals surface area contributed by atoms with Crippen molar-refractivity contribution in [1.29, 1.82) is 0 Å². The highest BCUT2D eigenvalue weighted by Gasteiger charge is 2.08. The number of nitrogens with zero attached hydrogens (tertiary/aromatic N) is 1. The maximum absolute atomic E-state index is 11.8. The van der Waals surface area contributed by atoms with Gasteiger partial charge in [-0.1, -0.05) is 21.1 Å². The fourth-order valence-electron chi connectivity index (χ4n) is 1.35. The third kappa shape index (κ3) is 3.07. The smallest absolute Gasteiger partial charge is 0.251 e. The van der Waals surface area contributed by atoms with Crippen LogP contribution < -0.4 is 11.1 Å². The molecule has 0 aliphatic carbocycles. The van der Waals surface area contributed by atoms with E-state index in [-0.39, 0.29) is 5.91 Å². The molecule has 1 aromatic carbocycles. The molecule has 0 aliphatic heterocycles. The van der Waals surface area contributed by atoms with Gasteiger partial charge in [-0.3, -0.25) is 4.79 Å². The number of amides is 1. The van der Waals surface area contributed by atoms with Gasteiger partial charge in [0.05, 0.1) is 12.7 Å². The Morgan fingerprint density at radius 2 is 2.29 bits per heavy atom. The third-order valence-corrected chi connectivity index (χ3v) is 2.55. The molecule has 1 heterocycles. The Morgan fingerprint density at radius 3 is 2.94 bits per heavy atom. The summed E-state index contributed by atoms with van der Waals surface area (Å²) < 4.78 is 5.63. The molecule has 0 unspecified atom stereocenters. The zero-order valence-corrected chi connectivity index (χ0v) is 10.4. The van der Waals surface area contributed by atoms with E-state index in [2.05, 4.69) is 26.4 Å². The first-order valence-corrected chi connectivity index (χ1v) is 5.68. The van der Waals surface area contributed by atoms with Crippen LogP contribution >= 0.6 is 15.9 Å². The van der Waals surface area contributed by atoms with Crippen molar-refractivity contribution in [2.45, 2.75) is 6.54 Å². The molecular weight excluding hydrogens is 286 g/mol. The topological polar surface area (TPSA) is 81.2 Å². The van der Waals surface area contributed by atoms with Gasteiger partial charge in [0.15, 0.2) is 5.76 Å². The lowest BCUT2D eigenvalue weighted by molar-refractivity contribution is 0.0947. The van der Waals surface area contributed by atoms with Gasteiger partial charge in [-0.2, -0.15) is 0 Å². The van der Waals surface area contributed by atoms with E-state index in [0.717, 1.165) is 4.47 Å². The average molecular weight is 296 g/mol. The molecule has 88 valence electrons. The second kappa shape index (κ2) is 5.01. The number of halogens is 1. The van der Waals surface area contributed by atoms with E-state index >= 15 is 0 Å². The summed E-state index contributed by atoms with van der Waals surface area (Å²) in [7, 11) is 0. The Labute approximate surface area is 106 Å². The summed E-state index contributed by atoms with van der Waals surface area (Å²) in [5, 5.41) is 6.25. The number of carbonyl (C=O) groups is 1. The standard InChI is InChI=1S/C11H10BrN3O2/c12-8-3-7(4-9(13)5-8)11(16)14-6-10-1-2-15-17-10/h1-5H,6,13H2,(H,14,16). The molecule has 0 aliphatic rings. The Morgan fingerprint density at radius 1 is 1.47 bits per heavy atom. The normalized spacial score (nSPS) is 10.2. The van der Waals surface area contributed by atoms with Crippen LogP contribution in [0, 0.1) is 0 Å². The number of hydrogen-bond donors (Lipinski definition) is 2. The van der Waals surface area contributed by atoms with E-state index < -0.39 is 0 Å². The van der Waals surface area contributed by atoms with Crippen LogP contribution in [0.1, 0.15) is 16.1 Å². The Balaban J connectivity index is 2.04. The van der Waals surface area contributed by atoms with Gasteiger partial charge in [0.2, 0.25) is 0 Å². The van der Waals surface area contributed by atoms with Gasteiger partial charge in [-0.25, -0.2) is 0 Å². The first-order valence-electron chi connectivity index (χ1n) is 4.89. The average Bonchev–Trinajstić information content (AvgIpc) is 2.77. The van der Waals surface area contributed by atoms with Gasteiger partial charge in [0.25, 0.3) is 5.91 Å². The fraction of sp³-hybridized carbons (Fsp3) is 0.0909. The van der Waals surface area contributed by atoms with E-state index in [1.54, 1.807) is 24.3 Å². The maximum Gasteiger partial charge on any atom is 0.251 e. The predicted octanol–water partition coefficient (Wildman–Crippen LogP) is 1.95. The molecule has 3 N–H and O–H groups in total. The van der Waals surface area contributed by atoms with Gasteiger partial charge < -0.3 is 15.6 Å². The van der Waals surface area contributed by atoms with Gasteiger partial charge in [0.1, 0.15) is 0 Å². The van der Waals surface area contributed by atoms with Crippen molar-refractivity contribution >= 4 is 27.5 Å². The molecule has 0 bridgehead atoms. The van der Waals surface area contributed by atoms with Crippen molar-refractivity contribution in [3.8, 4) is 0 Å². The number of nitrogens with one attached hydrogen (secondary N) is 1. The monoisotopic (exact) mass is 295 g/mol. The largest absolute Gasteiger partial charge is 0.399 e. The molecule has 2 aromatic rings. The first-order chi connectivity index (χ1) is 8.15. The molecule has 0 radical (unpaired) electrons. The third-order valence-electron chi connectivity index (χ3n) is 2.10. The lowest BCUT2D eigenvalue weighted by Gasteiger charge is -2.04. The number of hydrogen-bond acceptors (Lipinski definition) is 4. The molecule has 0 fully saturated rings. The van der Waals surface area contributed by atoms with Crippen LogP contribution in [-0.2, 0) is 6.54 Å². The molecule has 6 heteroatoms. The molecule has 0 spiro atoms. The highest BCUT2D eigenvalue weighted by atomic mass is 79.9. The van der Waals surface area contributed by atoms with Crippen molar-refractivity contribution in [2.75, 3.05) is 5.73 Å². The van der Waals surface area contributed by atoms with Crippen LogP contribution in [0.15, 0.2) is 39.5 Å². The molecule has 5 nitrogen and oxygen atoms in total. The molecule has 17 heavy (non-hydrogen) atoms. The zero-order chi connectivity index (χ0) is 12.3. The first kappa shape index (κ1) is 11.7. The van der Waals surface area contributed by atoms with Crippen molar-refractivity contribution in [1.82, 2.24) is 10.5 Å². The van der Waals surface area contributed by atoms with Crippen LogP contribution in [0.3, 0.4) is 0 Å². The molecular formula is C11H10BrN3O2. The number of nitrogens with two attached hydrogens (primary N) is 1. The van der Waals surface area contributed by atoms with Crippen molar-refractivity contribution in [3.63, 3.8) is 0 Å². The van der Waals surface area contributed by atoms with Crippen LogP contribution in [0.4, 0.5) is 5.69 Å². The van der Waals surface area contributed by atoms with E-state index in [1.165, 1.54) is 6.20 Å². The molecule has 2 rings (SSSR count). The summed E-state index contributed by atoms with van der Waals surface area (Å²) in [4.78, 5) is 11.8. The van der Waals surface area contributed by atoms with Crippen LogP contribution in [-0.4, -0.2) is 11.1 Å². The van der Waals surface area contributed by atoms with Crippen molar-refractivity contribution in [3.05, 3.63) is 46.3 Å². The maximum atomic E-state index is 11.8. The highest BCUT2D eigenvalue weighted by Crippen LogP contribution is 2.17. The number of benzene rings is 1. The summed E-state index contributed by atoms with van der Waals surface area (Å²) in [5.41, 5.74) is 6.68. The number of rotatable bonds is 3.